The van der Waals surface area contributed by atoms with Crippen LogP contribution < -0.4 is 5.73 Å². The summed E-state index contributed by atoms with van der Waals surface area (Å²) in [7, 11) is 0. The van der Waals surface area contributed by atoms with Crippen LogP contribution in [-0.2, 0) is 18.0 Å². The minimum atomic E-state index is 0.482. The van der Waals surface area contributed by atoms with Gasteiger partial charge in [-0.1, -0.05) is 34.1 Å². The third kappa shape index (κ3) is 3.54. The summed E-state index contributed by atoms with van der Waals surface area (Å²) < 4.78 is 6.66. The summed E-state index contributed by atoms with van der Waals surface area (Å²) in [5.41, 5.74) is 7.78. The average Bonchev–Trinajstić information content (AvgIpc) is 2.34. The van der Waals surface area contributed by atoms with E-state index in [-0.39, 0.29) is 0 Å². The van der Waals surface area contributed by atoms with Gasteiger partial charge >= 0.3 is 0 Å². The van der Waals surface area contributed by atoms with E-state index in [0.717, 1.165) is 15.6 Å². The molecule has 0 amide bonds. The first-order valence-electron chi connectivity index (χ1n) is 5.27. The predicted octanol–water partition coefficient (Wildman–Crippen LogP) is 3.14. The zero-order valence-corrected chi connectivity index (χ0v) is 10.9. The molecule has 0 aliphatic rings. The van der Waals surface area contributed by atoms with Crippen molar-refractivity contribution in [1.29, 1.82) is 0 Å². The normalized spacial score (nSPS) is 10.4. The van der Waals surface area contributed by atoms with Crippen molar-refractivity contribution in [2.45, 2.75) is 13.2 Å². The number of aromatic nitrogens is 1. The average molecular weight is 293 g/mol. The van der Waals surface area contributed by atoms with Crippen molar-refractivity contribution in [1.82, 2.24) is 4.98 Å². The van der Waals surface area contributed by atoms with Crippen LogP contribution in [0.4, 0.5) is 5.82 Å². The molecule has 88 valence electrons. The highest BCUT2D eigenvalue weighted by atomic mass is 79.9. The van der Waals surface area contributed by atoms with Gasteiger partial charge in [0.05, 0.1) is 13.2 Å². The fourth-order valence-corrected chi connectivity index (χ4v) is 1.70. The number of nitrogen functional groups attached to an aromatic ring is 1. The smallest absolute Gasteiger partial charge is 0.128 e. The van der Waals surface area contributed by atoms with E-state index in [1.165, 1.54) is 0 Å². The molecule has 2 aromatic rings. The van der Waals surface area contributed by atoms with Gasteiger partial charge in [0.15, 0.2) is 0 Å². The molecular formula is C13H13BrN2O. The number of halogens is 1. The van der Waals surface area contributed by atoms with Gasteiger partial charge in [-0.15, -0.1) is 0 Å². The Kier molecular flexibility index (Phi) is 4.12. The molecule has 1 aromatic carbocycles. The second kappa shape index (κ2) is 5.80. The van der Waals surface area contributed by atoms with Gasteiger partial charge in [-0.2, -0.15) is 0 Å². The summed E-state index contributed by atoms with van der Waals surface area (Å²) in [5, 5.41) is 0. The van der Waals surface area contributed by atoms with E-state index < -0.39 is 0 Å². The van der Waals surface area contributed by atoms with Crippen LogP contribution in [0.5, 0.6) is 0 Å². The number of rotatable bonds is 4. The lowest BCUT2D eigenvalue weighted by atomic mass is 10.2. The molecule has 0 saturated heterocycles. The Morgan fingerprint density at radius 2 is 1.88 bits per heavy atom. The highest BCUT2D eigenvalue weighted by Gasteiger charge is 1.99. The molecular weight excluding hydrogens is 280 g/mol. The molecule has 0 atom stereocenters. The number of anilines is 1. The maximum atomic E-state index is 5.72. The lowest BCUT2D eigenvalue weighted by Crippen LogP contribution is -2.00. The molecule has 0 aliphatic heterocycles. The minimum absolute atomic E-state index is 0.482. The number of hydrogen-bond acceptors (Lipinski definition) is 3. The summed E-state index contributed by atoms with van der Waals surface area (Å²) in [4.78, 5) is 4.01. The van der Waals surface area contributed by atoms with Crippen molar-refractivity contribution < 1.29 is 4.74 Å². The SMILES string of the molecule is Nc1ncccc1COCc1ccc(Br)cc1. The Labute approximate surface area is 109 Å². The van der Waals surface area contributed by atoms with E-state index in [2.05, 4.69) is 20.9 Å². The molecule has 4 heteroatoms. The molecule has 0 unspecified atom stereocenters. The molecule has 0 aliphatic carbocycles. The van der Waals surface area contributed by atoms with E-state index in [4.69, 9.17) is 10.5 Å². The van der Waals surface area contributed by atoms with Gasteiger partial charge in [0, 0.05) is 16.2 Å². The van der Waals surface area contributed by atoms with Crippen LogP contribution in [0.1, 0.15) is 11.1 Å². The van der Waals surface area contributed by atoms with E-state index in [1.54, 1.807) is 6.20 Å². The van der Waals surface area contributed by atoms with Gasteiger partial charge in [0.1, 0.15) is 5.82 Å². The molecule has 3 nitrogen and oxygen atoms in total. The number of ether oxygens (including phenoxy) is 1. The van der Waals surface area contributed by atoms with Crippen molar-refractivity contribution in [3.05, 3.63) is 58.2 Å². The highest BCUT2D eigenvalue weighted by molar-refractivity contribution is 9.10. The summed E-state index contributed by atoms with van der Waals surface area (Å²) in [6.45, 7) is 1.05. The van der Waals surface area contributed by atoms with Crippen LogP contribution >= 0.6 is 15.9 Å². The first kappa shape index (κ1) is 12.1. The molecule has 0 fully saturated rings. The lowest BCUT2D eigenvalue weighted by molar-refractivity contribution is 0.107. The van der Waals surface area contributed by atoms with Crippen LogP contribution in [0.3, 0.4) is 0 Å². The molecule has 0 spiro atoms. The van der Waals surface area contributed by atoms with Crippen molar-refractivity contribution in [2.75, 3.05) is 5.73 Å². The van der Waals surface area contributed by atoms with Gasteiger partial charge in [0.2, 0.25) is 0 Å². The quantitative estimate of drug-likeness (QED) is 0.942. The molecule has 0 saturated carbocycles. The number of nitrogens with zero attached hydrogens (tertiary/aromatic N) is 1. The number of hydrogen-bond donors (Lipinski definition) is 1. The van der Waals surface area contributed by atoms with E-state index in [9.17, 15) is 0 Å². The van der Waals surface area contributed by atoms with Crippen LogP contribution in [-0.4, -0.2) is 4.98 Å². The topological polar surface area (TPSA) is 48.1 Å². The number of pyridine rings is 1. The lowest BCUT2D eigenvalue weighted by Gasteiger charge is -2.06. The molecule has 17 heavy (non-hydrogen) atoms. The van der Waals surface area contributed by atoms with Crippen molar-refractivity contribution >= 4 is 21.7 Å². The summed E-state index contributed by atoms with van der Waals surface area (Å²) in [6.07, 6.45) is 1.67. The van der Waals surface area contributed by atoms with Crippen LogP contribution in [0.2, 0.25) is 0 Å². The monoisotopic (exact) mass is 292 g/mol. The summed E-state index contributed by atoms with van der Waals surface area (Å²) >= 11 is 3.39. The number of benzene rings is 1. The van der Waals surface area contributed by atoms with Gasteiger partial charge in [-0.25, -0.2) is 4.98 Å². The maximum absolute atomic E-state index is 5.72. The standard InChI is InChI=1S/C13H13BrN2O/c14-12-5-3-10(4-6-12)8-17-9-11-2-1-7-16-13(11)15/h1-7H,8-9H2,(H2,15,16). The Balaban J connectivity index is 1.88. The van der Waals surface area contributed by atoms with Gasteiger partial charge in [0.25, 0.3) is 0 Å². The van der Waals surface area contributed by atoms with Crippen LogP contribution in [0.25, 0.3) is 0 Å². The summed E-state index contributed by atoms with van der Waals surface area (Å²) in [5.74, 6) is 0.531. The van der Waals surface area contributed by atoms with E-state index in [1.807, 2.05) is 36.4 Å². The van der Waals surface area contributed by atoms with Crippen LogP contribution in [0, 0.1) is 0 Å². The molecule has 0 radical (unpaired) electrons. The Morgan fingerprint density at radius 3 is 2.59 bits per heavy atom. The third-order valence-electron chi connectivity index (χ3n) is 2.37. The highest BCUT2D eigenvalue weighted by Crippen LogP contribution is 2.13. The molecule has 0 bridgehead atoms. The van der Waals surface area contributed by atoms with E-state index >= 15 is 0 Å². The molecule has 2 rings (SSSR count). The molecule has 2 N–H and O–H groups in total. The van der Waals surface area contributed by atoms with Crippen LogP contribution in [0.15, 0.2) is 47.1 Å². The Morgan fingerprint density at radius 1 is 1.12 bits per heavy atom. The second-order valence-corrected chi connectivity index (χ2v) is 4.58. The Hall–Kier alpha value is -1.39. The fraction of sp³-hybridized carbons (Fsp3) is 0.154. The predicted molar refractivity (Wildman–Crippen MR) is 71.3 cm³/mol. The molecule has 1 heterocycles. The fourth-order valence-electron chi connectivity index (χ4n) is 1.43. The minimum Gasteiger partial charge on any atom is -0.383 e. The first-order chi connectivity index (χ1) is 8.25. The molecule has 1 aromatic heterocycles. The first-order valence-corrected chi connectivity index (χ1v) is 6.06. The van der Waals surface area contributed by atoms with Crippen molar-refractivity contribution in [3.8, 4) is 0 Å². The van der Waals surface area contributed by atoms with E-state index in [0.29, 0.717) is 19.0 Å². The van der Waals surface area contributed by atoms with Crippen molar-refractivity contribution in [3.63, 3.8) is 0 Å². The van der Waals surface area contributed by atoms with Gasteiger partial charge in [-0.05, 0) is 23.8 Å². The maximum Gasteiger partial charge on any atom is 0.128 e. The zero-order valence-electron chi connectivity index (χ0n) is 9.27. The Bertz CT molecular complexity index is 485. The zero-order chi connectivity index (χ0) is 12.1. The largest absolute Gasteiger partial charge is 0.383 e. The van der Waals surface area contributed by atoms with Gasteiger partial charge in [-0.3, -0.25) is 0 Å². The third-order valence-corrected chi connectivity index (χ3v) is 2.89. The second-order valence-electron chi connectivity index (χ2n) is 3.67. The van der Waals surface area contributed by atoms with Gasteiger partial charge < -0.3 is 10.5 Å². The van der Waals surface area contributed by atoms with Crippen molar-refractivity contribution in [2.24, 2.45) is 0 Å². The summed E-state index contributed by atoms with van der Waals surface area (Å²) in [6, 6.07) is 11.8. The number of nitrogens with two attached hydrogens (primary N) is 1.